The Kier molecular flexibility index (Phi) is 6.48. The Balaban J connectivity index is 1.63. The summed E-state index contributed by atoms with van der Waals surface area (Å²) in [4.78, 5) is 12.7. The highest BCUT2D eigenvalue weighted by Crippen LogP contribution is 2.25. The number of hydrogen-bond acceptors (Lipinski definition) is 6. The minimum absolute atomic E-state index is 0.0437. The minimum atomic E-state index is -3.64. The van der Waals surface area contributed by atoms with Crippen LogP contribution in [0.25, 0.3) is 5.69 Å². The van der Waals surface area contributed by atoms with Gasteiger partial charge < -0.3 is 0 Å². The molecule has 0 amide bonds. The number of hydrogen-bond donors (Lipinski definition) is 0. The van der Waals surface area contributed by atoms with E-state index in [1.807, 2.05) is 30.3 Å². The Hall–Kier alpha value is -3.30. The maximum Gasteiger partial charge on any atom is 0.196 e. The molecule has 0 bridgehead atoms. The van der Waals surface area contributed by atoms with Crippen LogP contribution in [0.4, 0.5) is 4.39 Å². The molecule has 0 saturated heterocycles. The largest absolute Gasteiger partial charge is 0.293 e. The number of carbonyl (C=O) groups is 1. The molecule has 0 N–H and O–H groups in total. The molecule has 0 aliphatic carbocycles. The first kappa shape index (κ1) is 21.9. The molecule has 1 heterocycles. The zero-order chi connectivity index (χ0) is 22.6. The van der Waals surface area contributed by atoms with Crippen molar-refractivity contribution in [1.82, 2.24) is 14.8 Å². The Bertz CT molecular complexity index is 1320. The van der Waals surface area contributed by atoms with E-state index in [4.69, 9.17) is 0 Å². The standard InChI is InChI=1S/C23H18FN3O3S2/c24-18-13-11-17(12-14-18)21(28)15-31-23-26-25-22(27(23)19-7-3-1-4-8-19)16-32(29,30)20-9-5-2-6-10-20/h1-14H,15-16H2. The molecule has 162 valence electrons. The van der Waals surface area contributed by atoms with Gasteiger partial charge in [-0.1, -0.05) is 48.2 Å². The van der Waals surface area contributed by atoms with Crippen molar-refractivity contribution in [2.75, 3.05) is 5.75 Å². The van der Waals surface area contributed by atoms with Crippen molar-refractivity contribution in [3.63, 3.8) is 0 Å². The third-order valence-electron chi connectivity index (χ3n) is 4.63. The van der Waals surface area contributed by atoms with Gasteiger partial charge in [-0.2, -0.15) is 0 Å². The number of Topliss-reactive ketones (excluding diaryl/α,β-unsaturated/α-hetero) is 1. The number of ketones is 1. The lowest BCUT2D eigenvalue weighted by Gasteiger charge is -2.10. The molecule has 3 aromatic carbocycles. The zero-order valence-electron chi connectivity index (χ0n) is 16.8. The second-order valence-corrected chi connectivity index (χ2v) is 9.79. The molecule has 4 rings (SSSR count). The molecule has 0 atom stereocenters. The highest BCUT2D eigenvalue weighted by molar-refractivity contribution is 7.99. The predicted molar refractivity (Wildman–Crippen MR) is 120 cm³/mol. The smallest absolute Gasteiger partial charge is 0.196 e. The minimum Gasteiger partial charge on any atom is -0.293 e. The van der Waals surface area contributed by atoms with Gasteiger partial charge >= 0.3 is 0 Å². The molecule has 9 heteroatoms. The highest BCUT2D eigenvalue weighted by atomic mass is 32.2. The molecule has 32 heavy (non-hydrogen) atoms. The van der Waals surface area contributed by atoms with Gasteiger partial charge in [0.15, 0.2) is 26.6 Å². The van der Waals surface area contributed by atoms with E-state index in [-0.39, 0.29) is 28.0 Å². The van der Waals surface area contributed by atoms with E-state index in [2.05, 4.69) is 10.2 Å². The van der Waals surface area contributed by atoms with Gasteiger partial charge in [-0.05, 0) is 48.5 Å². The number of halogens is 1. The number of aromatic nitrogens is 3. The second-order valence-electron chi connectivity index (χ2n) is 6.86. The molecule has 0 unspecified atom stereocenters. The summed E-state index contributed by atoms with van der Waals surface area (Å²) in [5, 5.41) is 8.66. The van der Waals surface area contributed by atoms with E-state index in [1.165, 1.54) is 36.4 Å². The van der Waals surface area contributed by atoms with Crippen LogP contribution in [0.3, 0.4) is 0 Å². The molecule has 0 aliphatic heterocycles. The lowest BCUT2D eigenvalue weighted by atomic mass is 10.1. The van der Waals surface area contributed by atoms with Crippen LogP contribution in [0.5, 0.6) is 0 Å². The number of thioether (sulfide) groups is 1. The number of sulfone groups is 1. The lowest BCUT2D eigenvalue weighted by Crippen LogP contribution is -2.11. The van der Waals surface area contributed by atoms with Crippen LogP contribution >= 0.6 is 11.8 Å². The van der Waals surface area contributed by atoms with Crippen LogP contribution in [0.15, 0.2) is 95.0 Å². The van der Waals surface area contributed by atoms with Crippen molar-refractivity contribution in [1.29, 1.82) is 0 Å². The topological polar surface area (TPSA) is 81.9 Å². The summed E-state index contributed by atoms with van der Waals surface area (Å²) in [6.45, 7) is 0. The fourth-order valence-electron chi connectivity index (χ4n) is 3.05. The average Bonchev–Trinajstić information content (AvgIpc) is 3.20. The van der Waals surface area contributed by atoms with E-state index in [9.17, 15) is 17.6 Å². The summed E-state index contributed by atoms with van der Waals surface area (Å²) in [5.74, 6) is -0.664. The molecule has 1 aromatic heterocycles. The monoisotopic (exact) mass is 467 g/mol. The van der Waals surface area contributed by atoms with Gasteiger partial charge in [0, 0.05) is 11.3 Å². The lowest BCUT2D eigenvalue weighted by molar-refractivity contribution is 0.102. The summed E-state index contributed by atoms with van der Waals surface area (Å²) in [7, 11) is -3.64. The molecular formula is C23H18FN3O3S2. The molecule has 6 nitrogen and oxygen atoms in total. The molecule has 0 saturated carbocycles. The fourth-order valence-corrected chi connectivity index (χ4v) is 5.18. The number of para-hydroxylation sites is 1. The fraction of sp³-hybridized carbons (Fsp3) is 0.0870. The van der Waals surface area contributed by atoms with Gasteiger partial charge in [0.2, 0.25) is 0 Å². The average molecular weight is 468 g/mol. The number of rotatable bonds is 8. The van der Waals surface area contributed by atoms with Gasteiger partial charge in [-0.25, -0.2) is 12.8 Å². The number of nitrogens with zero attached hydrogens (tertiary/aromatic N) is 3. The zero-order valence-corrected chi connectivity index (χ0v) is 18.4. The van der Waals surface area contributed by atoms with Crippen LogP contribution in [0.2, 0.25) is 0 Å². The van der Waals surface area contributed by atoms with Crippen molar-refractivity contribution in [3.05, 3.63) is 102 Å². The van der Waals surface area contributed by atoms with E-state index >= 15 is 0 Å². The summed E-state index contributed by atoms with van der Waals surface area (Å²) in [6, 6.07) is 22.6. The van der Waals surface area contributed by atoms with Crippen LogP contribution in [0.1, 0.15) is 16.2 Å². The molecular weight excluding hydrogens is 449 g/mol. The quantitative estimate of drug-likeness (QED) is 0.283. The van der Waals surface area contributed by atoms with Gasteiger partial charge in [0.25, 0.3) is 0 Å². The normalized spacial score (nSPS) is 11.4. The Labute approximate surface area is 189 Å². The Morgan fingerprint density at radius 2 is 1.50 bits per heavy atom. The summed E-state index contributed by atoms with van der Waals surface area (Å²) in [5.41, 5.74) is 1.07. The number of carbonyl (C=O) groups excluding carboxylic acids is 1. The van der Waals surface area contributed by atoms with Gasteiger partial charge in [-0.3, -0.25) is 9.36 Å². The van der Waals surface area contributed by atoms with Crippen LogP contribution in [-0.4, -0.2) is 34.7 Å². The Morgan fingerprint density at radius 3 is 2.16 bits per heavy atom. The summed E-state index contributed by atoms with van der Waals surface area (Å²) < 4.78 is 40.6. The third-order valence-corrected chi connectivity index (χ3v) is 7.19. The first-order valence-electron chi connectivity index (χ1n) is 9.63. The summed E-state index contributed by atoms with van der Waals surface area (Å²) >= 11 is 1.14. The van der Waals surface area contributed by atoms with Crippen molar-refractivity contribution < 1.29 is 17.6 Å². The van der Waals surface area contributed by atoms with E-state index < -0.39 is 15.7 Å². The van der Waals surface area contributed by atoms with Crippen molar-refractivity contribution in [3.8, 4) is 5.69 Å². The highest BCUT2D eigenvalue weighted by Gasteiger charge is 2.23. The van der Waals surface area contributed by atoms with Gasteiger partial charge in [0.05, 0.1) is 10.6 Å². The van der Waals surface area contributed by atoms with Crippen LogP contribution in [-0.2, 0) is 15.6 Å². The van der Waals surface area contributed by atoms with Crippen molar-refractivity contribution in [2.45, 2.75) is 15.8 Å². The van der Waals surface area contributed by atoms with Crippen LogP contribution < -0.4 is 0 Å². The predicted octanol–water partition coefficient (Wildman–Crippen LogP) is 4.36. The molecule has 0 aliphatic rings. The number of benzene rings is 3. The summed E-state index contributed by atoms with van der Waals surface area (Å²) in [6.07, 6.45) is 0. The SMILES string of the molecule is O=C(CSc1nnc(CS(=O)(=O)c2ccccc2)n1-c1ccccc1)c1ccc(F)cc1. The van der Waals surface area contributed by atoms with Crippen molar-refractivity contribution >= 4 is 27.4 Å². The second kappa shape index (κ2) is 9.46. The first-order chi connectivity index (χ1) is 15.4. The molecule has 4 aromatic rings. The molecule has 0 spiro atoms. The van der Waals surface area contributed by atoms with Crippen molar-refractivity contribution in [2.24, 2.45) is 0 Å². The first-order valence-corrected chi connectivity index (χ1v) is 12.3. The van der Waals surface area contributed by atoms with Gasteiger partial charge in [0.1, 0.15) is 11.6 Å². The van der Waals surface area contributed by atoms with E-state index in [1.54, 1.807) is 22.8 Å². The maximum absolute atomic E-state index is 13.1. The van der Waals surface area contributed by atoms with Crippen LogP contribution in [0, 0.1) is 5.82 Å². The van der Waals surface area contributed by atoms with E-state index in [0.29, 0.717) is 16.4 Å². The van der Waals surface area contributed by atoms with E-state index in [0.717, 1.165) is 11.8 Å². The molecule has 0 radical (unpaired) electrons. The Morgan fingerprint density at radius 1 is 0.875 bits per heavy atom. The molecule has 0 fully saturated rings. The van der Waals surface area contributed by atoms with Gasteiger partial charge in [-0.15, -0.1) is 10.2 Å². The maximum atomic E-state index is 13.1. The third kappa shape index (κ3) is 4.95.